The van der Waals surface area contributed by atoms with Gasteiger partial charge in [0, 0.05) is 61.6 Å². The molecule has 5 aromatic heterocycles. The zero-order valence-corrected chi connectivity index (χ0v) is 36.6. The summed E-state index contributed by atoms with van der Waals surface area (Å²) in [4.78, 5) is 14.4. The van der Waals surface area contributed by atoms with Crippen LogP contribution in [0, 0.1) is 17.9 Å². The molecule has 0 amide bonds. The molecule has 1 aliphatic carbocycles. The first-order chi connectivity index (χ1) is 34.1. The van der Waals surface area contributed by atoms with Crippen LogP contribution in [-0.4, -0.2) is 23.7 Å². The monoisotopic (exact) mass is 879 g/mol. The molecule has 13 aromatic rings. The smallest absolute Gasteiger partial charge is 0.188 e. The maximum Gasteiger partial charge on any atom is 0.188 e. The zero-order valence-electron chi connectivity index (χ0n) is 36.6. The van der Waals surface area contributed by atoms with Crippen molar-refractivity contribution >= 4 is 71.1 Å². The number of ether oxygens (including phenoxy) is 1. The van der Waals surface area contributed by atoms with Gasteiger partial charge in [-0.3, -0.25) is 9.97 Å². The van der Waals surface area contributed by atoms with Crippen LogP contribution < -0.4 is 4.74 Å². The lowest BCUT2D eigenvalue weighted by atomic mass is 9.65. The Kier molecular flexibility index (Phi) is 7.41. The lowest BCUT2D eigenvalue weighted by Crippen LogP contribution is -2.34. The molecule has 0 bridgehead atoms. The molecule has 1 unspecified atom stereocenters. The Bertz CT molecular complexity index is 4470. The van der Waals surface area contributed by atoms with Gasteiger partial charge in [0.1, 0.15) is 11.5 Å². The fraction of sp³-hybridized carbons (Fsp3) is 0.0164. The largest absolute Gasteiger partial charge is 0.457 e. The number of nitrogens with zero attached hydrogens (tertiary/aromatic N) is 7. The number of benzene rings is 8. The SMILES string of the molecule is [C-]#[N+]c1ccc2c(c1)c1ccccc1n2-c1cccc2c1C1(c3ccc(-n4c5ccccc5c5ccccc54)cc3O2)c2cccnc2-c2ncc(-n3c4ccccc4c4cc(C#N)ccc43)cc21. The standard InChI is InChI=1S/C61H33N7O/c1-63-37-24-28-54-45(31-37)43-15-5-9-20-52(43)68(54)55-21-10-22-56-58(55)61(46-26-25-38(33-57(46)69-56)66-49-17-6-2-12-40(49)41-13-3-7-18-50(41)66)47-16-11-29-64-59(47)60-48(61)32-39(35-65-60)67-51-19-8-4-14-42(51)44-30-36(34-62)23-27-53(44)67/h2-33,35H. The molecule has 1 atom stereocenters. The third-order valence-corrected chi connectivity index (χ3v) is 14.6. The summed E-state index contributed by atoms with van der Waals surface area (Å²) in [6, 6.07) is 67.8. The van der Waals surface area contributed by atoms with Gasteiger partial charge in [0.05, 0.1) is 85.7 Å². The Labute approximate surface area is 394 Å². The predicted molar refractivity (Wildman–Crippen MR) is 273 cm³/mol. The predicted octanol–water partition coefficient (Wildman–Crippen LogP) is 14.7. The minimum Gasteiger partial charge on any atom is -0.457 e. The topological polar surface area (TPSA) is 78.0 Å². The second-order valence-electron chi connectivity index (χ2n) is 17.9. The van der Waals surface area contributed by atoms with Gasteiger partial charge in [-0.1, -0.05) is 97.1 Å². The van der Waals surface area contributed by atoms with E-state index in [1.807, 2.05) is 54.9 Å². The maximum absolute atomic E-state index is 9.98. The molecular weight excluding hydrogens is 847 g/mol. The number of aromatic nitrogens is 5. The summed E-state index contributed by atoms with van der Waals surface area (Å²) in [6.45, 7) is 7.93. The van der Waals surface area contributed by atoms with Crippen LogP contribution in [0.25, 0.3) is 98.7 Å². The van der Waals surface area contributed by atoms with Gasteiger partial charge in [0.2, 0.25) is 0 Å². The van der Waals surface area contributed by atoms with Crippen molar-refractivity contribution in [1.82, 2.24) is 23.7 Å². The first kappa shape index (κ1) is 37.5. The zero-order chi connectivity index (χ0) is 45.5. The quantitative estimate of drug-likeness (QED) is 0.166. The summed E-state index contributed by atoms with van der Waals surface area (Å²) >= 11 is 0. The Morgan fingerprint density at radius 2 is 1.09 bits per heavy atom. The Morgan fingerprint density at radius 3 is 1.80 bits per heavy atom. The summed E-state index contributed by atoms with van der Waals surface area (Å²) in [6.07, 6.45) is 3.82. The third-order valence-electron chi connectivity index (χ3n) is 14.6. The van der Waals surface area contributed by atoms with Gasteiger partial charge < -0.3 is 18.4 Å². The molecule has 2 aliphatic rings. The van der Waals surface area contributed by atoms with E-state index < -0.39 is 5.41 Å². The summed E-state index contributed by atoms with van der Waals surface area (Å²) in [5.41, 5.74) is 14.8. The highest BCUT2D eigenvalue weighted by Crippen LogP contribution is 2.63. The van der Waals surface area contributed by atoms with E-state index in [0.717, 1.165) is 117 Å². The van der Waals surface area contributed by atoms with E-state index in [0.29, 0.717) is 11.3 Å². The number of para-hydroxylation sites is 4. The third kappa shape index (κ3) is 4.83. The summed E-state index contributed by atoms with van der Waals surface area (Å²) in [7, 11) is 0. The van der Waals surface area contributed by atoms with Gasteiger partial charge >= 0.3 is 0 Å². The van der Waals surface area contributed by atoms with E-state index in [1.165, 1.54) is 10.8 Å². The number of rotatable bonds is 3. The average molecular weight is 880 g/mol. The summed E-state index contributed by atoms with van der Waals surface area (Å²) in [5.74, 6) is 1.45. The average Bonchev–Trinajstić information content (AvgIpc) is 4.12. The van der Waals surface area contributed by atoms with Crippen LogP contribution in [0.5, 0.6) is 11.5 Å². The van der Waals surface area contributed by atoms with Crippen molar-refractivity contribution in [1.29, 1.82) is 5.26 Å². The molecule has 0 fully saturated rings. The number of fused-ring (bicyclic) bond motifs is 18. The molecule has 8 aromatic carbocycles. The van der Waals surface area contributed by atoms with Crippen LogP contribution in [-0.2, 0) is 5.41 Å². The highest BCUT2D eigenvalue weighted by Gasteiger charge is 2.54. The molecule has 1 aliphatic heterocycles. The second-order valence-corrected chi connectivity index (χ2v) is 17.9. The molecule has 318 valence electrons. The van der Waals surface area contributed by atoms with E-state index in [2.05, 4.69) is 170 Å². The van der Waals surface area contributed by atoms with E-state index in [4.69, 9.17) is 21.3 Å². The first-order valence-electron chi connectivity index (χ1n) is 22.9. The van der Waals surface area contributed by atoms with Crippen molar-refractivity contribution in [3.63, 3.8) is 0 Å². The van der Waals surface area contributed by atoms with Gasteiger partial charge in [-0.05, 0) is 95.9 Å². The molecule has 0 N–H and O–H groups in total. The molecule has 15 rings (SSSR count). The highest BCUT2D eigenvalue weighted by molar-refractivity contribution is 6.12. The lowest BCUT2D eigenvalue weighted by molar-refractivity contribution is 0.435. The molecule has 8 heteroatoms. The van der Waals surface area contributed by atoms with Gasteiger partial charge in [-0.15, -0.1) is 0 Å². The Hall–Kier alpha value is -9.76. The number of nitriles is 1. The van der Waals surface area contributed by atoms with E-state index in [9.17, 15) is 5.26 Å². The number of pyridine rings is 2. The van der Waals surface area contributed by atoms with Crippen LogP contribution in [0.1, 0.15) is 27.8 Å². The Balaban J connectivity index is 1.08. The van der Waals surface area contributed by atoms with Crippen molar-refractivity contribution in [3.8, 4) is 46.0 Å². The minimum atomic E-state index is -0.998. The van der Waals surface area contributed by atoms with E-state index in [1.54, 1.807) is 0 Å². The normalized spacial score (nSPS) is 14.5. The fourth-order valence-corrected chi connectivity index (χ4v) is 11.9. The lowest BCUT2D eigenvalue weighted by Gasteiger charge is -2.40. The maximum atomic E-state index is 9.98. The second kappa shape index (κ2) is 13.6. The van der Waals surface area contributed by atoms with Crippen LogP contribution in [0.3, 0.4) is 0 Å². The van der Waals surface area contributed by atoms with E-state index >= 15 is 0 Å². The molecule has 69 heavy (non-hydrogen) atoms. The number of hydrogen-bond donors (Lipinski definition) is 0. The molecule has 0 radical (unpaired) electrons. The van der Waals surface area contributed by atoms with Crippen molar-refractivity contribution in [2.45, 2.75) is 5.41 Å². The van der Waals surface area contributed by atoms with Crippen LogP contribution >= 0.6 is 0 Å². The van der Waals surface area contributed by atoms with Gasteiger partial charge in [-0.25, -0.2) is 4.85 Å². The molecular formula is C61H33N7O. The molecule has 0 saturated carbocycles. The van der Waals surface area contributed by atoms with Gasteiger partial charge in [0.15, 0.2) is 5.69 Å². The van der Waals surface area contributed by atoms with Crippen LogP contribution in [0.15, 0.2) is 200 Å². The first-order valence-corrected chi connectivity index (χ1v) is 22.9. The summed E-state index contributed by atoms with van der Waals surface area (Å²) < 4.78 is 14.3. The fourth-order valence-electron chi connectivity index (χ4n) is 11.9. The van der Waals surface area contributed by atoms with Gasteiger partial charge in [-0.2, -0.15) is 5.26 Å². The molecule has 6 heterocycles. The van der Waals surface area contributed by atoms with Crippen molar-refractivity contribution in [2.24, 2.45) is 0 Å². The van der Waals surface area contributed by atoms with Crippen LogP contribution in [0.4, 0.5) is 5.69 Å². The van der Waals surface area contributed by atoms with Crippen LogP contribution in [0.2, 0.25) is 0 Å². The molecule has 1 spiro atoms. The molecule has 8 nitrogen and oxygen atoms in total. The highest BCUT2D eigenvalue weighted by atomic mass is 16.5. The van der Waals surface area contributed by atoms with Crippen molar-refractivity contribution < 1.29 is 4.74 Å². The van der Waals surface area contributed by atoms with Crippen molar-refractivity contribution in [3.05, 3.63) is 240 Å². The van der Waals surface area contributed by atoms with Crippen molar-refractivity contribution in [2.75, 3.05) is 0 Å². The number of hydrogen-bond acceptors (Lipinski definition) is 4. The minimum absolute atomic E-state index is 0.588. The molecule has 0 saturated heterocycles. The van der Waals surface area contributed by atoms with E-state index in [-0.39, 0.29) is 0 Å². The van der Waals surface area contributed by atoms with Gasteiger partial charge in [0.25, 0.3) is 0 Å². The summed E-state index contributed by atoms with van der Waals surface area (Å²) in [5, 5.41) is 16.5. The Morgan fingerprint density at radius 1 is 0.478 bits per heavy atom.